The molecule has 0 aliphatic heterocycles. The van der Waals surface area contributed by atoms with E-state index in [1.165, 1.54) is 18.2 Å². The van der Waals surface area contributed by atoms with E-state index >= 15 is 0 Å². The highest BCUT2D eigenvalue weighted by Gasteiger charge is 2.07. The van der Waals surface area contributed by atoms with Gasteiger partial charge in [-0.3, -0.25) is 9.59 Å². The number of carbonyl (C=O) groups excluding carboxylic acids is 2. The fraction of sp³-hybridized carbons (Fsp3) is 0.238. The van der Waals surface area contributed by atoms with Gasteiger partial charge >= 0.3 is 0 Å². The number of nitrogens with one attached hydrogen (secondary N) is 2. The van der Waals surface area contributed by atoms with E-state index in [9.17, 15) is 14.0 Å². The van der Waals surface area contributed by atoms with Crippen molar-refractivity contribution in [3.63, 3.8) is 0 Å². The van der Waals surface area contributed by atoms with Crippen molar-refractivity contribution in [1.82, 2.24) is 5.32 Å². The van der Waals surface area contributed by atoms with Crippen LogP contribution in [0.15, 0.2) is 54.6 Å². The highest BCUT2D eigenvalue weighted by molar-refractivity contribution is 5.94. The van der Waals surface area contributed by atoms with Crippen LogP contribution < -0.4 is 10.6 Å². The summed E-state index contributed by atoms with van der Waals surface area (Å²) in [6.07, 6.45) is 1.49. The van der Waals surface area contributed by atoms with Gasteiger partial charge in [0.2, 0.25) is 11.8 Å². The fourth-order valence-corrected chi connectivity index (χ4v) is 2.23. The Morgan fingerprint density at radius 3 is 2.23 bits per heavy atom. The molecule has 0 saturated carbocycles. The predicted octanol–water partition coefficient (Wildman–Crippen LogP) is 4.14. The molecule has 0 atom stereocenters. The molecule has 2 amide bonds. The predicted molar refractivity (Wildman–Crippen MR) is 102 cm³/mol. The Hall–Kier alpha value is -2.95. The normalized spacial score (nSPS) is 11.3. The second-order valence-corrected chi connectivity index (χ2v) is 6.39. The Morgan fingerprint density at radius 2 is 1.65 bits per heavy atom. The van der Waals surface area contributed by atoms with Gasteiger partial charge in [-0.05, 0) is 47.9 Å². The standard InChI is InChI=1S/C21H23FN2O2/c1-14(2)21(26)24-19-10-4-16(5-11-19)13-23-20(25)12-15(3)17-6-8-18(22)9-7-17/h4-12,14H,13H2,1-3H3,(H,23,25)(H,24,26)/b15-12+. The van der Waals surface area contributed by atoms with Crippen molar-refractivity contribution < 1.29 is 14.0 Å². The van der Waals surface area contributed by atoms with E-state index in [0.29, 0.717) is 6.54 Å². The lowest BCUT2D eigenvalue weighted by Gasteiger charge is -2.09. The van der Waals surface area contributed by atoms with Crippen molar-refractivity contribution in [1.29, 1.82) is 0 Å². The van der Waals surface area contributed by atoms with Crippen molar-refractivity contribution >= 4 is 23.1 Å². The van der Waals surface area contributed by atoms with Gasteiger partial charge in [0.1, 0.15) is 5.82 Å². The Balaban J connectivity index is 1.89. The third kappa shape index (κ3) is 5.84. The molecule has 4 nitrogen and oxygen atoms in total. The largest absolute Gasteiger partial charge is 0.348 e. The summed E-state index contributed by atoms with van der Waals surface area (Å²) >= 11 is 0. The molecule has 5 heteroatoms. The lowest BCUT2D eigenvalue weighted by atomic mass is 10.1. The number of benzene rings is 2. The van der Waals surface area contributed by atoms with Gasteiger partial charge in [0, 0.05) is 24.2 Å². The zero-order valence-corrected chi connectivity index (χ0v) is 15.2. The molecular weight excluding hydrogens is 331 g/mol. The summed E-state index contributed by atoms with van der Waals surface area (Å²) in [6.45, 7) is 5.85. The topological polar surface area (TPSA) is 58.2 Å². The number of amides is 2. The zero-order chi connectivity index (χ0) is 19.1. The Kier molecular flexibility index (Phi) is 6.67. The zero-order valence-electron chi connectivity index (χ0n) is 15.2. The average Bonchev–Trinajstić information content (AvgIpc) is 2.61. The highest BCUT2D eigenvalue weighted by atomic mass is 19.1. The molecule has 0 aliphatic rings. The number of halogens is 1. The number of carbonyl (C=O) groups is 2. The maximum Gasteiger partial charge on any atom is 0.244 e. The van der Waals surface area contributed by atoms with E-state index < -0.39 is 0 Å². The van der Waals surface area contributed by atoms with Crippen molar-refractivity contribution in [3.8, 4) is 0 Å². The molecule has 0 aromatic heterocycles. The minimum Gasteiger partial charge on any atom is -0.348 e. The third-order valence-electron chi connectivity index (χ3n) is 3.86. The molecule has 0 radical (unpaired) electrons. The minimum absolute atomic E-state index is 0.0348. The molecule has 0 heterocycles. The van der Waals surface area contributed by atoms with Crippen molar-refractivity contribution in [2.45, 2.75) is 27.3 Å². The van der Waals surface area contributed by atoms with Crippen LogP contribution in [0.2, 0.25) is 0 Å². The molecule has 0 fully saturated rings. The molecule has 0 saturated heterocycles. The van der Waals surface area contributed by atoms with Crippen LogP contribution in [0.5, 0.6) is 0 Å². The molecule has 26 heavy (non-hydrogen) atoms. The molecule has 0 aliphatic carbocycles. The first kappa shape index (κ1) is 19.4. The first-order chi connectivity index (χ1) is 12.3. The summed E-state index contributed by atoms with van der Waals surface area (Å²) in [4.78, 5) is 23.7. The lowest BCUT2D eigenvalue weighted by molar-refractivity contribution is -0.119. The van der Waals surface area contributed by atoms with Crippen LogP contribution in [0.25, 0.3) is 5.57 Å². The highest BCUT2D eigenvalue weighted by Crippen LogP contribution is 2.14. The second kappa shape index (κ2) is 8.94. The van der Waals surface area contributed by atoms with Crippen molar-refractivity contribution in [2.24, 2.45) is 5.92 Å². The van der Waals surface area contributed by atoms with E-state index in [1.807, 2.05) is 26.0 Å². The van der Waals surface area contributed by atoms with Crippen LogP contribution >= 0.6 is 0 Å². The molecule has 2 N–H and O–H groups in total. The lowest BCUT2D eigenvalue weighted by Crippen LogP contribution is -2.21. The number of rotatable bonds is 6. The van der Waals surface area contributed by atoms with E-state index in [0.717, 1.165) is 22.4 Å². The van der Waals surface area contributed by atoms with Crippen LogP contribution in [-0.2, 0) is 16.1 Å². The number of hydrogen-bond donors (Lipinski definition) is 2. The first-order valence-electron chi connectivity index (χ1n) is 8.47. The molecule has 0 unspecified atom stereocenters. The summed E-state index contributed by atoms with van der Waals surface area (Å²) in [5.41, 5.74) is 3.21. The van der Waals surface area contributed by atoms with Gasteiger partial charge in [0.15, 0.2) is 0 Å². The van der Waals surface area contributed by atoms with Crippen LogP contribution in [-0.4, -0.2) is 11.8 Å². The average molecular weight is 354 g/mol. The number of anilines is 1. The summed E-state index contributed by atoms with van der Waals surface area (Å²) in [5.74, 6) is -0.638. The maximum absolute atomic E-state index is 12.9. The Bertz CT molecular complexity index is 794. The van der Waals surface area contributed by atoms with E-state index in [4.69, 9.17) is 0 Å². The number of allylic oxidation sites excluding steroid dienone is 1. The Morgan fingerprint density at radius 1 is 1.04 bits per heavy atom. The third-order valence-corrected chi connectivity index (χ3v) is 3.86. The SMILES string of the molecule is C/C(=C\C(=O)NCc1ccc(NC(=O)C(C)C)cc1)c1ccc(F)cc1. The van der Waals surface area contributed by atoms with Gasteiger partial charge in [-0.25, -0.2) is 4.39 Å². The van der Waals surface area contributed by atoms with Crippen LogP contribution in [0, 0.1) is 11.7 Å². The van der Waals surface area contributed by atoms with Gasteiger partial charge in [-0.15, -0.1) is 0 Å². The smallest absolute Gasteiger partial charge is 0.244 e. The van der Waals surface area contributed by atoms with Gasteiger partial charge in [0.05, 0.1) is 0 Å². The summed E-state index contributed by atoms with van der Waals surface area (Å²) in [7, 11) is 0. The van der Waals surface area contributed by atoms with E-state index in [-0.39, 0.29) is 23.5 Å². The monoisotopic (exact) mass is 354 g/mol. The number of hydrogen-bond acceptors (Lipinski definition) is 2. The molecule has 2 rings (SSSR count). The van der Waals surface area contributed by atoms with Crippen LogP contribution in [0.4, 0.5) is 10.1 Å². The molecular formula is C21H23FN2O2. The molecule has 136 valence electrons. The Labute approximate surface area is 153 Å². The quantitative estimate of drug-likeness (QED) is 0.766. The van der Waals surface area contributed by atoms with Gasteiger partial charge in [-0.1, -0.05) is 38.1 Å². The summed E-state index contributed by atoms with van der Waals surface area (Å²) in [5, 5.41) is 5.63. The molecule has 2 aromatic carbocycles. The van der Waals surface area contributed by atoms with Gasteiger partial charge in [-0.2, -0.15) is 0 Å². The maximum atomic E-state index is 12.9. The molecule has 0 spiro atoms. The fourth-order valence-electron chi connectivity index (χ4n) is 2.23. The van der Waals surface area contributed by atoms with E-state index in [2.05, 4.69) is 10.6 Å². The van der Waals surface area contributed by atoms with Gasteiger partial charge in [0.25, 0.3) is 0 Å². The van der Waals surface area contributed by atoms with Gasteiger partial charge < -0.3 is 10.6 Å². The van der Waals surface area contributed by atoms with Crippen LogP contribution in [0.3, 0.4) is 0 Å². The van der Waals surface area contributed by atoms with Crippen molar-refractivity contribution in [2.75, 3.05) is 5.32 Å². The molecule has 0 bridgehead atoms. The van der Waals surface area contributed by atoms with E-state index in [1.54, 1.807) is 31.2 Å². The molecule has 2 aromatic rings. The summed E-state index contributed by atoms with van der Waals surface area (Å²) in [6, 6.07) is 13.3. The van der Waals surface area contributed by atoms with Crippen molar-refractivity contribution in [3.05, 3.63) is 71.6 Å². The van der Waals surface area contributed by atoms with Crippen LogP contribution in [0.1, 0.15) is 31.9 Å². The second-order valence-electron chi connectivity index (χ2n) is 6.39. The first-order valence-corrected chi connectivity index (χ1v) is 8.47. The summed E-state index contributed by atoms with van der Waals surface area (Å²) < 4.78 is 12.9. The minimum atomic E-state index is -0.306.